The molecule has 1 amide bonds. The summed E-state index contributed by atoms with van der Waals surface area (Å²) in [6.07, 6.45) is 1.28. The highest BCUT2D eigenvalue weighted by atomic mass is 19.1. The second-order valence-corrected chi connectivity index (χ2v) is 6.58. The van der Waals surface area contributed by atoms with Crippen LogP contribution in [0, 0.1) is 5.82 Å². The smallest absolute Gasteiger partial charge is 0.227 e. The van der Waals surface area contributed by atoms with E-state index in [0.717, 1.165) is 34.0 Å². The Hall–Kier alpha value is -2.68. The lowest BCUT2D eigenvalue weighted by atomic mass is 9.81. The second kappa shape index (κ2) is 6.32. The van der Waals surface area contributed by atoms with Crippen LogP contribution < -0.4 is 4.90 Å². The minimum Gasteiger partial charge on any atom is -0.312 e. The van der Waals surface area contributed by atoms with Crippen LogP contribution >= 0.6 is 0 Å². The molecule has 3 heteroatoms. The first-order valence-electron chi connectivity index (χ1n) is 8.76. The Balaban J connectivity index is 1.98. The maximum absolute atomic E-state index is 13.8. The van der Waals surface area contributed by atoms with E-state index in [9.17, 15) is 9.18 Å². The molecule has 126 valence electrons. The standard InChI is InChI=1S/C22H20FNO/c1-2-12-24-20-11-10-15-6-3-4-9-18(15)22(20)19(14-21(24)25)16-7-5-8-17(23)13-16/h3-11,13,19H,2,12,14H2,1H3. The third kappa shape index (κ3) is 2.70. The molecule has 0 spiro atoms. The predicted molar refractivity (Wildman–Crippen MR) is 99.5 cm³/mol. The van der Waals surface area contributed by atoms with E-state index in [4.69, 9.17) is 0 Å². The van der Waals surface area contributed by atoms with Gasteiger partial charge in [-0.2, -0.15) is 0 Å². The first-order valence-corrected chi connectivity index (χ1v) is 8.76. The largest absolute Gasteiger partial charge is 0.312 e. The molecule has 3 aromatic rings. The van der Waals surface area contributed by atoms with Crippen LogP contribution in [-0.2, 0) is 4.79 Å². The van der Waals surface area contributed by atoms with Gasteiger partial charge in [0.15, 0.2) is 0 Å². The molecule has 2 nitrogen and oxygen atoms in total. The van der Waals surface area contributed by atoms with Crippen molar-refractivity contribution in [1.82, 2.24) is 0 Å². The fourth-order valence-electron chi connectivity index (χ4n) is 3.88. The number of rotatable bonds is 3. The maximum atomic E-state index is 13.8. The SMILES string of the molecule is CCCN1C(=O)CC(c2cccc(F)c2)c2c1ccc1ccccc21. The lowest BCUT2D eigenvalue weighted by molar-refractivity contribution is -0.119. The number of carbonyl (C=O) groups is 1. The van der Waals surface area contributed by atoms with Crippen LogP contribution in [0.1, 0.15) is 36.8 Å². The van der Waals surface area contributed by atoms with Crippen molar-refractivity contribution in [2.75, 3.05) is 11.4 Å². The average molecular weight is 333 g/mol. The van der Waals surface area contributed by atoms with Crippen LogP contribution in [0.5, 0.6) is 0 Å². The van der Waals surface area contributed by atoms with Gasteiger partial charge in [-0.3, -0.25) is 4.79 Å². The summed E-state index contributed by atoms with van der Waals surface area (Å²) in [6, 6.07) is 19.0. The summed E-state index contributed by atoms with van der Waals surface area (Å²) in [5.41, 5.74) is 2.96. The number of hydrogen-bond donors (Lipinski definition) is 0. The molecular weight excluding hydrogens is 313 g/mol. The molecule has 0 bridgehead atoms. The Morgan fingerprint density at radius 3 is 2.72 bits per heavy atom. The van der Waals surface area contributed by atoms with E-state index < -0.39 is 0 Å². The van der Waals surface area contributed by atoms with E-state index in [-0.39, 0.29) is 17.6 Å². The van der Waals surface area contributed by atoms with Crippen LogP contribution in [0.25, 0.3) is 10.8 Å². The molecule has 4 rings (SSSR count). The topological polar surface area (TPSA) is 20.3 Å². The van der Waals surface area contributed by atoms with Gasteiger partial charge in [0.1, 0.15) is 5.82 Å². The Morgan fingerprint density at radius 1 is 1.08 bits per heavy atom. The normalized spacial score (nSPS) is 17.0. The molecule has 1 aliphatic heterocycles. The van der Waals surface area contributed by atoms with Gasteiger partial charge in [0.05, 0.1) is 0 Å². The molecule has 1 aliphatic rings. The van der Waals surface area contributed by atoms with Gasteiger partial charge in [0, 0.05) is 24.6 Å². The molecular formula is C22H20FNO. The molecule has 1 atom stereocenters. The van der Waals surface area contributed by atoms with Crippen molar-refractivity contribution in [3.05, 3.63) is 77.6 Å². The molecule has 0 saturated heterocycles. The molecule has 3 aromatic carbocycles. The van der Waals surface area contributed by atoms with E-state index >= 15 is 0 Å². The first-order chi connectivity index (χ1) is 12.2. The third-order valence-corrected chi connectivity index (χ3v) is 4.96. The number of nitrogens with zero attached hydrogens (tertiary/aromatic N) is 1. The summed E-state index contributed by atoms with van der Waals surface area (Å²) in [6.45, 7) is 2.78. The highest BCUT2D eigenvalue weighted by molar-refractivity contribution is 6.03. The van der Waals surface area contributed by atoms with Gasteiger partial charge in [0.2, 0.25) is 5.91 Å². The quantitative estimate of drug-likeness (QED) is 0.640. The zero-order chi connectivity index (χ0) is 17.4. The highest BCUT2D eigenvalue weighted by Gasteiger charge is 2.33. The number of anilines is 1. The molecule has 0 radical (unpaired) electrons. The van der Waals surface area contributed by atoms with Crippen LogP contribution in [0.4, 0.5) is 10.1 Å². The zero-order valence-corrected chi connectivity index (χ0v) is 14.2. The monoisotopic (exact) mass is 333 g/mol. The van der Waals surface area contributed by atoms with Crippen LogP contribution in [0.3, 0.4) is 0 Å². The minimum atomic E-state index is -0.261. The summed E-state index contributed by atoms with van der Waals surface area (Å²) in [5, 5.41) is 2.29. The third-order valence-electron chi connectivity index (χ3n) is 4.96. The summed E-state index contributed by atoms with van der Waals surface area (Å²) >= 11 is 0. The Kier molecular flexibility index (Phi) is 4.00. The lowest BCUT2D eigenvalue weighted by Gasteiger charge is -2.35. The summed E-state index contributed by atoms with van der Waals surface area (Å²) in [5.74, 6) is -0.265. The first kappa shape index (κ1) is 15.8. The lowest BCUT2D eigenvalue weighted by Crippen LogP contribution is -2.37. The molecule has 0 saturated carbocycles. The molecule has 0 aliphatic carbocycles. The van der Waals surface area contributed by atoms with E-state index in [1.54, 1.807) is 12.1 Å². The van der Waals surface area contributed by atoms with Crippen molar-refractivity contribution < 1.29 is 9.18 Å². The summed E-state index contributed by atoms with van der Waals surface area (Å²) in [7, 11) is 0. The van der Waals surface area contributed by atoms with E-state index in [2.05, 4.69) is 25.1 Å². The van der Waals surface area contributed by atoms with Crippen LogP contribution in [0.2, 0.25) is 0 Å². The molecule has 0 N–H and O–H groups in total. The van der Waals surface area contributed by atoms with Gasteiger partial charge in [-0.25, -0.2) is 4.39 Å². The number of halogens is 1. The number of benzene rings is 3. The minimum absolute atomic E-state index is 0.110. The number of carbonyl (C=O) groups excluding carboxylic acids is 1. The van der Waals surface area contributed by atoms with E-state index in [1.165, 1.54) is 6.07 Å². The number of amides is 1. The van der Waals surface area contributed by atoms with Crippen molar-refractivity contribution in [2.24, 2.45) is 0 Å². The summed E-state index contributed by atoms with van der Waals surface area (Å²) < 4.78 is 13.8. The number of hydrogen-bond acceptors (Lipinski definition) is 1. The van der Waals surface area contributed by atoms with Crippen LogP contribution in [0.15, 0.2) is 60.7 Å². The van der Waals surface area contributed by atoms with Gasteiger partial charge < -0.3 is 4.90 Å². The Labute approximate surface area is 146 Å². The van der Waals surface area contributed by atoms with Crippen molar-refractivity contribution in [2.45, 2.75) is 25.7 Å². The van der Waals surface area contributed by atoms with Gasteiger partial charge in [-0.15, -0.1) is 0 Å². The Morgan fingerprint density at radius 2 is 1.92 bits per heavy atom. The molecule has 1 heterocycles. The molecule has 1 unspecified atom stereocenters. The number of fused-ring (bicyclic) bond motifs is 3. The fourth-order valence-corrected chi connectivity index (χ4v) is 3.88. The van der Waals surface area contributed by atoms with Crippen molar-refractivity contribution in [1.29, 1.82) is 0 Å². The zero-order valence-electron chi connectivity index (χ0n) is 14.2. The molecule has 0 aromatic heterocycles. The van der Waals surface area contributed by atoms with Crippen molar-refractivity contribution in [3.8, 4) is 0 Å². The van der Waals surface area contributed by atoms with E-state index in [1.807, 2.05) is 29.2 Å². The second-order valence-electron chi connectivity index (χ2n) is 6.58. The molecule has 0 fully saturated rings. The predicted octanol–water partition coefficient (Wildman–Crippen LogP) is 5.26. The van der Waals surface area contributed by atoms with Gasteiger partial charge in [0.25, 0.3) is 0 Å². The molecule has 25 heavy (non-hydrogen) atoms. The van der Waals surface area contributed by atoms with Crippen LogP contribution in [-0.4, -0.2) is 12.5 Å². The average Bonchev–Trinajstić information content (AvgIpc) is 2.63. The van der Waals surface area contributed by atoms with Gasteiger partial charge >= 0.3 is 0 Å². The maximum Gasteiger partial charge on any atom is 0.227 e. The van der Waals surface area contributed by atoms with E-state index in [0.29, 0.717) is 13.0 Å². The Bertz CT molecular complexity index is 950. The van der Waals surface area contributed by atoms with Crippen molar-refractivity contribution in [3.63, 3.8) is 0 Å². The summed E-state index contributed by atoms with van der Waals surface area (Å²) in [4.78, 5) is 14.7. The van der Waals surface area contributed by atoms with Gasteiger partial charge in [-0.05, 0) is 46.5 Å². The highest BCUT2D eigenvalue weighted by Crippen LogP contribution is 2.44. The van der Waals surface area contributed by atoms with Gasteiger partial charge in [-0.1, -0.05) is 49.4 Å². The fraction of sp³-hybridized carbons (Fsp3) is 0.227. The van der Waals surface area contributed by atoms with Crippen molar-refractivity contribution >= 4 is 22.4 Å².